The molecular formula is C19H15NO4S2. The first-order valence-corrected chi connectivity index (χ1v) is 10.8. The summed E-state index contributed by atoms with van der Waals surface area (Å²) in [6, 6.07) is 17.1. The topological polar surface area (TPSA) is 80.3 Å². The Morgan fingerprint density at radius 3 is 2.12 bits per heavy atom. The lowest BCUT2D eigenvalue weighted by Gasteiger charge is -2.22. The Kier molecular flexibility index (Phi) is 3.68. The van der Waals surface area contributed by atoms with Gasteiger partial charge < -0.3 is 5.32 Å². The molecule has 7 heteroatoms. The molecule has 0 unspecified atom stereocenters. The zero-order valence-corrected chi connectivity index (χ0v) is 15.4. The first kappa shape index (κ1) is 16.8. The molecular weight excluding hydrogens is 370 g/mol. The predicted molar refractivity (Wildman–Crippen MR) is 98.2 cm³/mol. The molecule has 132 valence electrons. The molecule has 4 rings (SSSR count). The highest BCUT2D eigenvalue weighted by molar-refractivity contribution is 7.92. The van der Waals surface area contributed by atoms with Crippen LogP contribution in [-0.2, 0) is 19.7 Å². The molecule has 1 heterocycles. The van der Waals surface area contributed by atoms with Gasteiger partial charge in [-0.1, -0.05) is 29.8 Å². The largest absolute Gasteiger partial charge is 0.353 e. The molecule has 0 bridgehead atoms. The fourth-order valence-corrected chi connectivity index (χ4v) is 5.87. The number of fused-ring (bicyclic) bond motifs is 2. The fraction of sp³-hybridized carbons (Fsp3) is 0.0526. The van der Waals surface area contributed by atoms with Gasteiger partial charge in [-0.25, -0.2) is 16.8 Å². The average Bonchev–Trinajstić information content (AvgIpc) is 2.62. The van der Waals surface area contributed by atoms with E-state index in [1.54, 1.807) is 30.3 Å². The van der Waals surface area contributed by atoms with Crippen molar-refractivity contribution in [1.82, 2.24) is 0 Å². The van der Waals surface area contributed by atoms with Crippen molar-refractivity contribution < 1.29 is 16.8 Å². The summed E-state index contributed by atoms with van der Waals surface area (Å²) in [7, 11) is -7.61. The van der Waals surface area contributed by atoms with Crippen LogP contribution in [0.15, 0.2) is 86.3 Å². The van der Waals surface area contributed by atoms with Crippen LogP contribution < -0.4 is 5.32 Å². The number of hydrogen-bond acceptors (Lipinski definition) is 5. The van der Waals surface area contributed by atoms with Crippen LogP contribution in [0, 0.1) is 6.92 Å². The Labute approximate surface area is 152 Å². The second-order valence-electron chi connectivity index (χ2n) is 6.10. The minimum atomic E-state index is -3.81. The molecule has 1 aliphatic heterocycles. The molecule has 0 atom stereocenters. The van der Waals surface area contributed by atoms with E-state index in [9.17, 15) is 16.8 Å². The van der Waals surface area contributed by atoms with E-state index in [-0.39, 0.29) is 19.6 Å². The number of benzene rings is 3. The van der Waals surface area contributed by atoms with Crippen molar-refractivity contribution in [1.29, 1.82) is 0 Å². The molecule has 0 amide bonds. The highest BCUT2D eigenvalue weighted by Crippen LogP contribution is 2.40. The van der Waals surface area contributed by atoms with Gasteiger partial charge in [0.15, 0.2) is 0 Å². The zero-order chi connectivity index (χ0) is 18.5. The molecule has 3 aromatic carbocycles. The van der Waals surface area contributed by atoms with E-state index in [1.807, 2.05) is 6.92 Å². The van der Waals surface area contributed by atoms with Gasteiger partial charge >= 0.3 is 0 Å². The van der Waals surface area contributed by atoms with Gasteiger partial charge in [0.25, 0.3) is 0 Å². The van der Waals surface area contributed by atoms with Crippen LogP contribution in [0.3, 0.4) is 0 Å². The minimum Gasteiger partial charge on any atom is -0.353 e. The van der Waals surface area contributed by atoms with Crippen molar-refractivity contribution in [3.8, 4) is 0 Å². The van der Waals surface area contributed by atoms with E-state index in [0.717, 1.165) is 5.56 Å². The van der Waals surface area contributed by atoms with Gasteiger partial charge in [-0.2, -0.15) is 0 Å². The molecule has 0 aliphatic carbocycles. The third-order valence-electron chi connectivity index (χ3n) is 4.33. The van der Waals surface area contributed by atoms with Gasteiger partial charge in [0.2, 0.25) is 19.7 Å². The van der Waals surface area contributed by atoms with Crippen LogP contribution in [0.4, 0.5) is 11.4 Å². The first-order chi connectivity index (χ1) is 12.3. The molecule has 26 heavy (non-hydrogen) atoms. The second-order valence-corrected chi connectivity index (χ2v) is 9.94. The highest BCUT2D eigenvalue weighted by Gasteiger charge is 2.31. The quantitative estimate of drug-likeness (QED) is 0.569. The predicted octanol–water partition coefficient (Wildman–Crippen LogP) is 3.72. The molecule has 0 radical (unpaired) electrons. The van der Waals surface area contributed by atoms with E-state index in [2.05, 4.69) is 5.32 Å². The minimum absolute atomic E-state index is 0.0376. The maximum atomic E-state index is 12.9. The Morgan fingerprint density at radius 1 is 0.769 bits per heavy atom. The Balaban J connectivity index is 1.88. The number of nitrogens with one attached hydrogen (secondary N) is 1. The van der Waals surface area contributed by atoms with Gasteiger partial charge in [0, 0.05) is 0 Å². The molecule has 3 aromatic rings. The van der Waals surface area contributed by atoms with Crippen molar-refractivity contribution >= 4 is 31.0 Å². The number of hydrogen-bond donors (Lipinski definition) is 1. The third kappa shape index (κ3) is 2.51. The van der Waals surface area contributed by atoms with Crippen molar-refractivity contribution in [2.45, 2.75) is 26.5 Å². The van der Waals surface area contributed by atoms with Gasteiger partial charge in [-0.15, -0.1) is 0 Å². The maximum absolute atomic E-state index is 12.9. The summed E-state index contributed by atoms with van der Waals surface area (Å²) in [5, 5.41) is 3.05. The van der Waals surface area contributed by atoms with E-state index in [4.69, 9.17) is 0 Å². The SMILES string of the molecule is Cc1ccc(S(=O)(=O)c2ccc3c(c2)S(=O)(=O)c2ccccc2N3)cc1. The number of sulfone groups is 2. The van der Waals surface area contributed by atoms with Gasteiger partial charge in [0.1, 0.15) is 0 Å². The summed E-state index contributed by atoms with van der Waals surface area (Å²) < 4.78 is 51.6. The number of rotatable bonds is 2. The zero-order valence-electron chi connectivity index (χ0n) is 13.8. The summed E-state index contributed by atoms with van der Waals surface area (Å²) in [6.07, 6.45) is 0. The number of anilines is 2. The van der Waals surface area contributed by atoms with E-state index in [0.29, 0.717) is 11.4 Å². The standard InChI is InChI=1S/C19H15NO4S2/c1-13-6-8-14(9-7-13)25(21,22)15-10-11-17-19(12-15)26(23,24)18-5-3-2-4-16(18)20-17/h2-12,20H,1H3. The van der Waals surface area contributed by atoms with E-state index in [1.165, 1.54) is 36.4 Å². The summed E-state index contributed by atoms with van der Waals surface area (Å²) in [5.41, 5.74) is 1.79. The molecule has 0 spiro atoms. The van der Waals surface area contributed by atoms with Gasteiger partial charge in [0.05, 0.1) is 31.0 Å². The fourth-order valence-electron chi connectivity index (χ4n) is 2.92. The smallest absolute Gasteiger partial charge is 0.210 e. The van der Waals surface area contributed by atoms with Crippen molar-refractivity contribution in [2.24, 2.45) is 0 Å². The van der Waals surface area contributed by atoms with E-state index >= 15 is 0 Å². The first-order valence-electron chi connectivity index (χ1n) is 7.87. The number of aryl methyl sites for hydroxylation is 1. The molecule has 1 N–H and O–H groups in total. The maximum Gasteiger partial charge on any atom is 0.210 e. The highest BCUT2D eigenvalue weighted by atomic mass is 32.2. The number of para-hydroxylation sites is 1. The Morgan fingerprint density at radius 2 is 1.38 bits per heavy atom. The van der Waals surface area contributed by atoms with Crippen molar-refractivity contribution in [3.05, 3.63) is 72.3 Å². The van der Waals surface area contributed by atoms with Crippen LogP contribution in [-0.4, -0.2) is 16.8 Å². The molecule has 0 aromatic heterocycles. The second kappa shape index (κ2) is 5.69. The van der Waals surface area contributed by atoms with Gasteiger partial charge in [-0.3, -0.25) is 0 Å². The van der Waals surface area contributed by atoms with Crippen LogP contribution in [0.2, 0.25) is 0 Å². The summed E-state index contributed by atoms with van der Waals surface area (Å²) in [4.78, 5) is 0.177. The summed E-state index contributed by atoms with van der Waals surface area (Å²) in [6.45, 7) is 1.87. The molecule has 5 nitrogen and oxygen atoms in total. The summed E-state index contributed by atoms with van der Waals surface area (Å²) in [5.74, 6) is 0. The van der Waals surface area contributed by atoms with Crippen LogP contribution >= 0.6 is 0 Å². The monoisotopic (exact) mass is 385 g/mol. The Bertz CT molecular complexity index is 1230. The Hall–Kier alpha value is -2.64. The van der Waals surface area contributed by atoms with Crippen LogP contribution in [0.5, 0.6) is 0 Å². The van der Waals surface area contributed by atoms with Crippen molar-refractivity contribution in [3.63, 3.8) is 0 Å². The lowest BCUT2D eigenvalue weighted by atomic mass is 10.2. The van der Waals surface area contributed by atoms with Crippen LogP contribution in [0.25, 0.3) is 0 Å². The van der Waals surface area contributed by atoms with Crippen molar-refractivity contribution in [2.75, 3.05) is 5.32 Å². The normalized spacial score (nSPS) is 14.8. The molecule has 1 aliphatic rings. The lowest BCUT2D eigenvalue weighted by molar-refractivity contribution is 0.594. The third-order valence-corrected chi connectivity index (χ3v) is 7.95. The molecule has 0 fully saturated rings. The summed E-state index contributed by atoms with van der Waals surface area (Å²) >= 11 is 0. The van der Waals surface area contributed by atoms with Crippen LogP contribution in [0.1, 0.15) is 5.56 Å². The molecule has 0 saturated carbocycles. The van der Waals surface area contributed by atoms with E-state index < -0.39 is 19.7 Å². The van der Waals surface area contributed by atoms with Gasteiger partial charge in [-0.05, 0) is 49.4 Å². The lowest BCUT2D eigenvalue weighted by Crippen LogP contribution is -2.14. The molecule has 0 saturated heterocycles. The average molecular weight is 385 g/mol.